The van der Waals surface area contributed by atoms with E-state index in [1.807, 2.05) is 19.2 Å². The van der Waals surface area contributed by atoms with Crippen molar-refractivity contribution in [2.45, 2.75) is 18.5 Å². The second-order valence-electron chi connectivity index (χ2n) is 6.67. The molecular formula is C18H16F3N3O4S. The zero-order chi connectivity index (χ0) is 21.0. The molecule has 3 aromatic rings. The fourth-order valence-electron chi connectivity index (χ4n) is 3.54. The highest BCUT2D eigenvalue weighted by molar-refractivity contribution is 7.88. The highest BCUT2D eigenvalue weighted by atomic mass is 32.2. The van der Waals surface area contributed by atoms with Crippen molar-refractivity contribution in [2.24, 2.45) is 7.05 Å². The molecule has 29 heavy (non-hydrogen) atoms. The molecule has 1 aliphatic rings. The standard InChI is InChI=1S/C18H16F3N3O4S/c1-23-15-4-6-22-10-14(15)13-3-2-11(8-16(13)23)24-7-5-12(9-17(24)25)28-29(26,27)18(19,20)21/h2-3,5,7-9,22H,4,6,10H2,1H3. The number of benzene rings is 1. The quantitative estimate of drug-likeness (QED) is 0.512. The number of nitrogens with one attached hydrogen (secondary N) is 1. The summed E-state index contributed by atoms with van der Waals surface area (Å²) in [6.07, 6.45) is 2.06. The number of pyridine rings is 1. The lowest BCUT2D eigenvalue weighted by Crippen LogP contribution is -2.28. The Morgan fingerprint density at radius 1 is 1.17 bits per heavy atom. The van der Waals surface area contributed by atoms with Crippen LogP contribution in [0, 0.1) is 0 Å². The fraction of sp³-hybridized carbons (Fsp3) is 0.278. The number of nitrogens with zero attached hydrogens (tertiary/aromatic N) is 2. The van der Waals surface area contributed by atoms with Gasteiger partial charge < -0.3 is 14.1 Å². The summed E-state index contributed by atoms with van der Waals surface area (Å²) in [7, 11) is -3.90. The lowest BCUT2D eigenvalue weighted by atomic mass is 10.1. The number of alkyl halides is 3. The van der Waals surface area contributed by atoms with E-state index in [1.54, 1.807) is 6.07 Å². The van der Waals surface area contributed by atoms with E-state index in [-0.39, 0.29) is 0 Å². The summed E-state index contributed by atoms with van der Waals surface area (Å²) >= 11 is 0. The van der Waals surface area contributed by atoms with Crippen LogP contribution in [0.1, 0.15) is 11.3 Å². The van der Waals surface area contributed by atoms with Gasteiger partial charge in [0.05, 0.1) is 11.2 Å². The lowest BCUT2D eigenvalue weighted by molar-refractivity contribution is -0.0500. The SMILES string of the molecule is Cn1c2c(c3ccc(-n4ccc(OS(=O)(=O)C(F)(F)F)cc4=O)cc31)CNCC2. The average molecular weight is 427 g/mol. The predicted octanol–water partition coefficient (Wildman–Crippen LogP) is 2.20. The summed E-state index contributed by atoms with van der Waals surface area (Å²) in [5.74, 6) is -0.704. The van der Waals surface area contributed by atoms with Crippen LogP contribution in [0.15, 0.2) is 41.3 Å². The van der Waals surface area contributed by atoms with Gasteiger partial charge in [-0.15, -0.1) is 0 Å². The van der Waals surface area contributed by atoms with Crippen molar-refractivity contribution in [2.75, 3.05) is 6.54 Å². The Kier molecular flexibility index (Phi) is 4.46. The summed E-state index contributed by atoms with van der Waals surface area (Å²) in [6, 6.07) is 7.12. The summed E-state index contributed by atoms with van der Waals surface area (Å²) < 4.78 is 66.8. The molecule has 0 unspecified atom stereocenters. The maximum atomic E-state index is 12.4. The largest absolute Gasteiger partial charge is 0.534 e. The Labute approximate surface area is 163 Å². The fourth-order valence-corrected chi connectivity index (χ4v) is 3.99. The molecule has 3 heterocycles. The number of hydrogen-bond acceptors (Lipinski definition) is 5. The van der Waals surface area contributed by atoms with Crippen molar-refractivity contribution in [3.05, 3.63) is 58.1 Å². The highest BCUT2D eigenvalue weighted by Gasteiger charge is 2.48. The Bertz CT molecular complexity index is 1280. The monoisotopic (exact) mass is 427 g/mol. The smallest absolute Gasteiger partial charge is 0.376 e. The molecular weight excluding hydrogens is 411 g/mol. The molecule has 0 amide bonds. The predicted molar refractivity (Wildman–Crippen MR) is 99.5 cm³/mol. The Balaban J connectivity index is 1.73. The molecule has 1 aromatic carbocycles. The van der Waals surface area contributed by atoms with Crippen LogP contribution in [0.2, 0.25) is 0 Å². The third-order valence-electron chi connectivity index (χ3n) is 4.92. The van der Waals surface area contributed by atoms with Crippen LogP contribution < -0.4 is 15.1 Å². The molecule has 0 spiro atoms. The lowest BCUT2D eigenvalue weighted by Gasteiger charge is -2.14. The van der Waals surface area contributed by atoms with Crippen LogP contribution in [0.4, 0.5) is 13.2 Å². The van der Waals surface area contributed by atoms with Crippen molar-refractivity contribution >= 4 is 21.0 Å². The van der Waals surface area contributed by atoms with Crippen molar-refractivity contribution < 1.29 is 25.8 Å². The van der Waals surface area contributed by atoms with Crippen LogP contribution in [0.5, 0.6) is 5.75 Å². The minimum Gasteiger partial charge on any atom is -0.376 e. The van der Waals surface area contributed by atoms with Crippen molar-refractivity contribution in [3.63, 3.8) is 0 Å². The van der Waals surface area contributed by atoms with E-state index in [0.29, 0.717) is 11.8 Å². The zero-order valence-electron chi connectivity index (χ0n) is 15.2. The van der Waals surface area contributed by atoms with Gasteiger partial charge in [-0.1, -0.05) is 6.07 Å². The molecule has 1 aliphatic heterocycles. The van der Waals surface area contributed by atoms with E-state index < -0.39 is 26.9 Å². The summed E-state index contributed by atoms with van der Waals surface area (Å²) in [4.78, 5) is 12.4. The van der Waals surface area contributed by atoms with Gasteiger partial charge in [-0.05, 0) is 23.8 Å². The first-order valence-electron chi connectivity index (χ1n) is 8.63. The van der Waals surface area contributed by atoms with E-state index in [1.165, 1.54) is 22.0 Å². The summed E-state index contributed by atoms with van der Waals surface area (Å²) in [5, 5.41) is 4.38. The molecule has 0 fully saturated rings. The second-order valence-corrected chi connectivity index (χ2v) is 8.20. The van der Waals surface area contributed by atoms with Gasteiger partial charge in [-0.3, -0.25) is 9.36 Å². The number of aromatic nitrogens is 2. The van der Waals surface area contributed by atoms with Gasteiger partial charge in [0.2, 0.25) is 0 Å². The minimum atomic E-state index is -5.84. The first-order valence-corrected chi connectivity index (χ1v) is 10.0. The Morgan fingerprint density at radius 2 is 1.93 bits per heavy atom. The average Bonchev–Trinajstić information content (AvgIpc) is 2.93. The molecule has 11 heteroatoms. The normalized spacial score (nSPS) is 14.8. The van der Waals surface area contributed by atoms with Gasteiger partial charge >= 0.3 is 15.6 Å². The first-order chi connectivity index (χ1) is 13.6. The van der Waals surface area contributed by atoms with Crippen LogP contribution in [0.25, 0.3) is 16.6 Å². The molecule has 0 aliphatic carbocycles. The number of rotatable bonds is 3. The van der Waals surface area contributed by atoms with Crippen LogP contribution >= 0.6 is 0 Å². The van der Waals surface area contributed by atoms with Gasteiger partial charge in [0, 0.05) is 49.9 Å². The minimum absolute atomic E-state index is 0.499. The van der Waals surface area contributed by atoms with Gasteiger partial charge in [0.15, 0.2) is 0 Å². The third-order valence-corrected chi connectivity index (χ3v) is 5.90. The van der Waals surface area contributed by atoms with E-state index in [4.69, 9.17) is 0 Å². The molecule has 2 aromatic heterocycles. The number of fused-ring (bicyclic) bond motifs is 3. The molecule has 4 rings (SSSR count). The maximum Gasteiger partial charge on any atom is 0.534 e. The molecule has 1 N–H and O–H groups in total. The second kappa shape index (κ2) is 6.63. The molecule has 0 saturated carbocycles. The van der Waals surface area contributed by atoms with Gasteiger partial charge in [-0.2, -0.15) is 21.6 Å². The Hall–Kier alpha value is -2.79. The number of aryl methyl sites for hydroxylation is 1. The molecule has 0 saturated heterocycles. The van der Waals surface area contributed by atoms with E-state index in [0.717, 1.165) is 36.5 Å². The summed E-state index contributed by atoms with van der Waals surface area (Å²) in [6.45, 7) is 1.64. The van der Waals surface area contributed by atoms with Gasteiger partial charge in [-0.25, -0.2) is 0 Å². The maximum absolute atomic E-state index is 12.4. The first kappa shape index (κ1) is 19.5. The number of halogens is 3. The molecule has 7 nitrogen and oxygen atoms in total. The third kappa shape index (κ3) is 3.29. The Morgan fingerprint density at radius 3 is 2.62 bits per heavy atom. The molecule has 0 bridgehead atoms. The topological polar surface area (TPSA) is 82.3 Å². The van der Waals surface area contributed by atoms with Crippen molar-refractivity contribution in [1.29, 1.82) is 0 Å². The van der Waals surface area contributed by atoms with Crippen LogP contribution in [-0.2, 0) is 30.1 Å². The molecule has 154 valence electrons. The van der Waals surface area contributed by atoms with Gasteiger partial charge in [0.1, 0.15) is 5.75 Å². The van der Waals surface area contributed by atoms with E-state index in [9.17, 15) is 26.4 Å². The van der Waals surface area contributed by atoms with E-state index in [2.05, 4.69) is 14.1 Å². The van der Waals surface area contributed by atoms with Crippen LogP contribution in [-0.4, -0.2) is 29.6 Å². The van der Waals surface area contributed by atoms with Gasteiger partial charge in [0.25, 0.3) is 5.56 Å². The van der Waals surface area contributed by atoms with Crippen LogP contribution in [0.3, 0.4) is 0 Å². The van der Waals surface area contributed by atoms with Crippen molar-refractivity contribution in [3.8, 4) is 11.4 Å². The van der Waals surface area contributed by atoms with Crippen molar-refractivity contribution in [1.82, 2.24) is 14.5 Å². The molecule has 0 radical (unpaired) electrons. The zero-order valence-corrected chi connectivity index (χ0v) is 16.0. The molecule has 0 atom stereocenters. The summed E-state index contributed by atoms with van der Waals surface area (Å²) in [5.41, 5.74) is -2.47. The highest BCUT2D eigenvalue weighted by Crippen LogP contribution is 2.30. The number of hydrogen-bond donors (Lipinski definition) is 1. The van der Waals surface area contributed by atoms with E-state index >= 15 is 0 Å².